The molecule has 0 aliphatic carbocycles. The van der Waals surface area contributed by atoms with Gasteiger partial charge in [-0.25, -0.2) is 4.98 Å². The molecule has 0 amide bonds. The van der Waals surface area contributed by atoms with Gasteiger partial charge in [0.1, 0.15) is 10.8 Å². The lowest BCUT2D eigenvalue weighted by Crippen LogP contribution is -2.23. The molecule has 3 nitrogen and oxygen atoms in total. The second-order valence-electron chi connectivity index (χ2n) is 4.43. The van der Waals surface area contributed by atoms with Crippen LogP contribution in [0.1, 0.15) is 17.7 Å². The summed E-state index contributed by atoms with van der Waals surface area (Å²) in [6.45, 7) is 2.00. The molecule has 0 saturated heterocycles. The van der Waals surface area contributed by atoms with Crippen molar-refractivity contribution in [3.8, 4) is 5.75 Å². The SMILES string of the molecule is COc1ccccc1C(Sc1ncccc1Br)C(C)N. The number of benzene rings is 1. The summed E-state index contributed by atoms with van der Waals surface area (Å²) in [5, 5.41) is 1.01. The molecule has 2 atom stereocenters. The molecule has 0 spiro atoms. The van der Waals surface area contributed by atoms with Crippen LogP contribution in [0.3, 0.4) is 0 Å². The van der Waals surface area contributed by atoms with Crippen LogP contribution in [0.15, 0.2) is 52.1 Å². The standard InChI is InChI=1S/C15H17BrN2OS/c1-10(17)14(11-6-3-4-8-13(11)19-2)20-15-12(16)7-5-9-18-15/h3-10,14H,17H2,1-2H3. The van der Waals surface area contributed by atoms with Crippen molar-refractivity contribution in [2.24, 2.45) is 5.73 Å². The van der Waals surface area contributed by atoms with Gasteiger partial charge in [-0.15, -0.1) is 0 Å². The Labute approximate surface area is 132 Å². The van der Waals surface area contributed by atoms with Crippen molar-refractivity contribution in [3.05, 3.63) is 52.6 Å². The fraction of sp³-hybridized carbons (Fsp3) is 0.267. The molecule has 106 valence electrons. The smallest absolute Gasteiger partial charge is 0.123 e. The van der Waals surface area contributed by atoms with Gasteiger partial charge in [-0.05, 0) is 41.1 Å². The molecular weight excluding hydrogens is 336 g/mol. The van der Waals surface area contributed by atoms with Crippen LogP contribution < -0.4 is 10.5 Å². The molecule has 0 aliphatic heterocycles. The maximum atomic E-state index is 6.17. The van der Waals surface area contributed by atoms with Crippen molar-refractivity contribution in [2.45, 2.75) is 23.2 Å². The van der Waals surface area contributed by atoms with E-state index in [0.29, 0.717) is 0 Å². The van der Waals surface area contributed by atoms with Crippen LogP contribution in [-0.4, -0.2) is 18.1 Å². The molecule has 2 N–H and O–H groups in total. The van der Waals surface area contributed by atoms with Gasteiger partial charge in [-0.1, -0.05) is 30.0 Å². The number of halogens is 1. The summed E-state index contributed by atoms with van der Waals surface area (Å²) in [6.07, 6.45) is 1.79. The highest BCUT2D eigenvalue weighted by atomic mass is 79.9. The van der Waals surface area contributed by atoms with Crippen LogP contribution in [0.25, 0.3) is 0 Å². The molecule has 0 saturated carbocycles. The van der Waals surface area contributed by atoms with E-state index in [2.05, 4.69) is 27.0 Å². The second kappa shape index (κ2) is 7.11. The first kappa shape index (κ1) is 15.4. The van der Waals surface area contributed by atoms with Gasteiger partial charge in [0.15, 0.2) is 0 Å². The predicted molar refractivity (Wildman–Crippen MR) is 87.2 cm³/mol. The Morgan fingerprint density at radius 2 is 2.00 bits per heavy atom. The van der Waals surface area contributed by atoms with E-state index in [1.165, 1.54) is 0 Å². The van der Waals surface area contributed by atoms with E-state index in [-0.39, 0.29) is 11.3 Å². The van der Waals surface area contributed by atoms with Crippen molar-refractivity contribution in [3.63, 3.8) is 0 Å². The Hall–Kier alpha value is -1.04. The summed E-state index contributed by atoms with van der Waals surface area (Å²) in [4.78, 5) is 4.40. The van der Waals surface area contributed by atoms with Gasteiger partial charge in [0, 0.05) is 22.3 Å². The molecule has 2 rings (SSSR count). The number of hydrogen-bond acceptors (Lipinski definition) is 4. The number of nitrogens with zero attached hydrogens (tertiary/aromatic N) is 1. The van der Waals surface area contributed by atoms with Gasteiger partial charge < -0.3 is 10.5 Å². The van der Waals surface area contributed by atoms with E-state index >= 15 is 0 Å². The first-order valence-electron chi connectivity index (χ1n) is 6.29. The largest absolute Gasteiger partial charge is 0.496 e. The third-order valence-electron chi connectivity index (χ3n) is 2.89. The quantitative estimate of drug-likeness (QED) is 0.825. The number of hydrogen-bond donors (Lipinski definition) is 1. The molecule has 2 aromatic rings. The van der Waals surface area contributed by atoms with Gasteiger partial charge in [0.05, 0.1) is 12.4 Å². The molecule has 1 aromatic heterocycles. The normalized spacial score (nSPS) is 13.8. The van der Waals surface area contributed by atoms with E-state index in [9.17, 15) is 0 Å². The zero-order chi connectivity index (χ0) is 14.5. The third-order valence-corrected chi connectivity index (χ3v) is 5.27. The molecule has 2 unspecified atom stereocenters. The minimum atomic E-state index is -0.0230. The summed E-state index contributed by atoms with van der Waals surface area (Å²) in [6, 6.07) is 11.8. The van der Waals surface area contributed by atoms with Crippen LogP contribution in [0.4, 0.5) is 0 Å². The molecule has 1 aromatic carbocycles. The van der Waals surface area contributed by atoms with Crippen molar-refractivity contribution in [1.82, 2.24) is 4.98 Å². The van der Waals surface area contributed by atoms with Gasteiger partial charge in [-0.3, -0.25) is 0 Å². The molecule has 0 fully saturated rings. The zero-order valence-electron chi connectivity index (χ0n) is 11.4. The highest BCUT2D eigenvalue weighted by Gasteiger charge is 2.22. The Kier molecular flexibility index (Phi) is 5.46. The molecule has 0 bridgehead atoms. The van der Waals surface area contributed by atoms with Crippen molar-refractivity contribution >= 4 is 27.7 Å². The summed E-state index contributed by atoms with van der Waals surface area (Å²) >= 11 is 5.17. The van der Waals surface area contributed by atoms with E-state index < -0.39 is 0 Å². The summed E-state index contributed by atoms with van der Waals surface area (Å²) < 4.78 is 6.42. The lowest BCUT2D eigenvalue weighted by molar-refractivity contribution is 0.408. The van der Waals surface area contributed by atoms with E-state index in [1.54, 1.807) is 25.1 Å². The van der Waals surface area contributed by atoms with Crippen LogP contribution in [0.5, 0.6) is 5.75 Å². The monoisotopic (exact) mass is 352 g/mol. The Balaban J connectivity index is 2.35. The van der Waals surface area contributed by atoms with Crippen molar-refractivity contribution in [2.75, 3.05) is 7.11 Å². The lowest BCUT2D eigenvalue weighted by Gasteiger charge is -2.22. The van der Waals surface area contributed by atoms with Crippen LogP contribution in [0.2, 0.25) is 0 Å². The van der Waals surface area contributed by atoms with E-state index in [0.717, 1.165) is 20.8 Å². The second-order valence-corrected chi connectivity index (χ2v) is 6.41. The molecule has 20 heavy (non-hydrogen) atoms. The third kappa shape index (κ3) is 3.53. The number of nitrogens with two attached hydrogens (primary N) is 1. The van der Waals surface area contributed by atoms with Gasteiger partial charge in [-0.2, -0.15) is 0 Å². The highest BCUT2D eigenvalue weighted by molar-refractivity contribution is 9.10. The predicted octanol–water partition coefficient (Wildman–Crippen LogP) is 4.03. The minimum absolute atomic E-state index is 0.0230. The molecule has 0 aliphatic rings. The average molecular weight is 353 g/mol. The summed E-state index contributed by atoms with van der Waals surface area (Å²) in [5.74, 6) is 0.856. The van der Waals surface area contributed by atoms with Gasteiger partial charge in [0.25, 0.3) is 0 Å². The Morgan fingerprint density at radius 1 is 1.25 bits per heavy atom. The highest BCUT2D eigenvalue weighted by Crippen LogP contribution is 2.42. The number of methoxy groups -OCH3 is 1. The van der Waals surface area contributed by atoms with Gasteiger partial charge in [0.2, 0.25) is 0 Å². The zero-order valence-corrected chi connectivity index (χ0v) is 13.8. The number of rotatable bonds is 5. The maximum Gasteiger partial charge on any atom is 0.123 e. The summed E-state index contributed by atoms with van der Waals surface area (Å²) in [5.41, 5.74) is 7.26. The number of para-hydroxylation sites is 1. The summed E-state index contributed by atoms with van der Waals surface area (Å²) in [7, 11) is 1.68. The molecule has 0 radical (unpaired) electrons. The molecule has 5 heteroatoms. The van der Waals surface area contributed by atoms with E-state index in [4.69, 9.17) is 10.5 Å². The first-order valence-corrected chi connectivity index (χ1v) is 7.96. The number of aromatic nitrogens is 1. The molecular formula is C15H17BrN2OS. The van der Waals surface area contributed by atoms with E-state index in [1.807, 2.05) is 37.3 Å². The average Bonchev–Trinajstić information content (AvgIpc) is 2.46. The fourth-order valence-electron chi connectivity index (χ4n) is 1.93. The maximum absolute atomic E-state index is 6.17. The van der Waals surface area contributed by atoms with Gasteiger partial charge >= 0.3 is 0 Å². The van der Waals surface area contributed by atoms with Crippen LogP contribution >= 0.6 is 27.7 Å². The lowest BCUT2D eigenvalue weighted by atomic mass is 10.1. The minimum Gasteiger partial charge on any atom is -0.496 e. The van der Waals surface area contributed by atoms with Crippen molar-refractivity contribution < 1.29 is 4.74 Å². The Morgan fingerprint density at radius 3 is 2.65 bits per heavy atom. The number of pyridine rings is 1. The van der Waals surface area contributed by atoms with Crippen LogP contribution in [0, 0.1) is 0 Å². The number of thioether (sulfide) groups is 1. The van der Waals surface area contributed by atoms with Crippen molar-refractivity contribution in [1.29, 1.82) is 0 Å². The Bertz CT molecular complexity index is 577. The molecule has 1 heterocycles. The number of ether oxygens (including phenoxy) is 1. The first-order chi connectivity index (χ1) is 9.63. The van der Waals surface area contributed by atoms with Crippen LogP contribution in [-0.2, 0) is 0 Å². The fourth-order valence-corrected chi connectivity index (χ4v) is 3.55. The topological polar surface area (TPSA) is 48.1 Å².